The first-order valence-electron chi connectivity index (χ1n) is 5.17. The minimum Gasteiger partial charge on any atom is -0.369 e. The molecule has 0 bridgehead atoms. The van der Waals surface area contributed by atoms with Gasteiger partial charge in [0.15, 0.2) is 0 Å². The molecule has 1 fully saturated rings. The predicted molar refractivity (Wildman–Crippen MR) is 56.5 cm³/mol. The number of amides is 2. The smallest absolute Gasteiger partial charge is 0.296 e. The summed E-state index contributed by atoms with van der Waals surface area (Å²) in [6, 6.07) is -0.135. The molecule has 2 atom stereocenters. The number of hydrogen-bond donors (Lipinski definition) is 2. The Hall–Kier alpha value is -1.50. The molecule has 0 aromatic heterocycles. The fourth-order valence-electron chi connectivity index (χ4n) is 1.96. The van der Waals surface area contributed by atoms with E-state index in [0.29, 0.717) is 0 Å². The van der Waals surface area contributed by atoms with Crippen LogP contribution < -0.4 is 11.1 Å². The molecule has 82 valence electrons. The third-order valence-corrected chi connectivity index (χ3v) is 2.69. The molecular weight excluding hydrogens is 192 g/mol. The van der Waals surface area contributed by atoms with Gasteiger partial charge in [-0.05, 0) is 25.7 Å². The summed E-state index contributed by atoms with van der Waals surface area (Å²) in [5, 5.41) is 2.74. The maximum absolute atomic E-state index is 11.2. The van der Waals surface area contributed by atoms with E-state index in [-0.39, 0.29) is 23.8 Å². The van der Waals surface area contributed by atoms with Gasteiger partial charge in [-0.3, -0.25) is 9.59 Å². The highest BCUT2D eigenvalue weighted by Gasteiger charge is 2.29. The monoisotopic (exact) mass is 208 g/mol. The summed E-state index contributed by atoms with van der Waals surface area (Å²) in [4.78, 5) is 22.4. The van der Waals surface area contributed by atoms with Crippen LogP contribution >= 0.6 is 0 Å². The third-order valence-electron chi connectivity index (χ3n) is 2.69. The predicted octanol–water partition coefficient (Wildman–Crippen LogP) is 0.170. The zero-order valence-electron chi connectivity index (χ0n) is 8.88. The molecule has 1 aliphatic rings. The lowest BCUT2D eigenvalue weighted by atomic mass is 9.84. The van der Waals surface area contributed by atoms with Crippen molar-refractivity contribution in [3.8, 4) is 11.8 Å². The quantitative estimate of drug-likeness (QED) is 0.635. The van der Waals surface area contributed by atoms with E-state index in [2.05, 4.69) is 17.2 Å². The summed E-state index contributed by atoms with van der Waals surface area (Å²) in [7, 11) is 0. The van der Waals surface area contributed by atoms with E-state index < -0.39 is 0 Å². The van der Waals surface area contributed by atoms with E-state index in [0.717, 1.165) is 25.7 Å². The zero-order valence-corrected chi connectivity index (χ0v) is 8.88. The topological polar surface area (TPSA) is 72.2 Å². The van der Waals surface area contributed by atoms with Crippen molar-refractivity contribution in [1.29, 1.82) is 0 Å². The van der Waals surface area contributed by atoms with Gasteiger partial charge in [-0.15, -0.1) is 0 Å². The molecule has 0 aromatic carbocycles. The number of carbonyl (C=O) groups is 2. The molecule has 0 aliphatic heterocycles. The fraction of sp³-hybridized carbons (Fsp3) is 0.636. The van der Waals surface area contributed by atoms with Gasteiger partial charge in [-0.2, -0.15) is 0 Å². The lowest BCUT2D eigenvalue weighted by Gasteiger charge is -2.29. The Kier molecular flexibility index (Phi) is 4.17. The van der Waals surface area contributed by atoms with Crippen molar-refractivity contribution >= 4 is 11.8 Å². The first-order chi connectivity index (χ1) is 7.15. The second kappa shape index (κ2) is 5.40. The second-order valence-electron chi connectivity index (χ2n) is 3.75. The van der Waals surface area contributed by atoms with Crippen LogP contribution in [0.15, 0.2) is 0 Å². The molecule has 1 saturated carbocycles. The second-order valence-corrected chi connectivity index (χ2v) is 3.75. The van der Waals surface area contributed by atoms with Crippen LogP contribution in [0.3, 0.4) is 0 Å². The number of nitrogens with two attached hydrogens (primary N) is 1. The van der Waals surface area contributed by atoms with Gasteiger partial charge in [-0.25, -0.2) is 0 Å². The van der Waals surface area contributed by atoms with Crippen LogP contribution in [-0.4, -0.2) is 17.9 Å². The van der Waals surface area contributed by atoms with Gasteiger partial charge in [0, 0.05) is 6.04 Å². The van der Waals surface area contributed by atoms with Crippen molar-refractivity contribution in [1.82, 2.24) is 5.32 Å². The average Bonchev–Trinajstić information content (AvgIpc) is 2.18. The summed E-state index contributed by atoms with van der Waals surface area (Å²) in [5.74, 6) is 4.04. The number of carbonyl (C=O) groups excluding carboxylic acids is 2. The summed E-state index contributed by atoms with van der Waals surface area (Å²) >= 11 is 0. The molecule has 0 spiro atoms. The van der Waals surface area contributed by atoms with Crippen LogP contribution in [0.1, 0.15) is 32.6 Å². The van der Waals surface area contributed by atoms with Crippen LogP contribution in [0.25, 0.3) is 0 Å². The summed E-state index contributed by atoms with van der Waals surface area (Å²) in [6.45, 7) is 1.60. The highest BCUT2D eigenvalue weighted by atomic mass is 16.2. The van der Waals surface area contributed by atoms with Gasteiger partial charge in [0.05, 0.1) is 5.92 Å². The van der Waals surface area contributed by atoms with E-state index in [1.807, 2.05) is 0 Å². The van der Waals surface area contributed by atoms with E-state index in [9.17, 15) is 9.59 Å². The largest absolute Gasteiger partial charge is 0.369 e. The molecule has 1 rings (SSSR count). The molecule has 4 heteroatoms. The van der Waals surface area contributed by atoms with Crippen LogP contribution in [0.5, 0.6) is 0 Å². The number of nitrogens with one attached hydrogen (secondary N) is 1. The van der Waals surface area contributed by atoms with Crippen molar-refractivity contribution in [2.45, 2.75) is 38.6 Å². The summed E-state index contributed by atoms with van der Waals surface area (Å²) in [5.41, 5.74) is 5.28. The standard InChI is InChI=1S/C11H16N2O2/c1-2-5-10(14)13-9-7-4-3-6-8(9)11(12)15/h8-9H,3-4,6-7H2,1H3,(H2,12,15)(H,13,14). The van der Waals surface area contributed by atoms with Crippen LogP contribution in [0, 0.1) is 17.8 Å². The first-order valence-corrected chi connectivity index (χ1v) is 5.17. The normalized spacial score (nSPS) is 24.9. The third kappa shape index (κ3) is 3.28. The molecule has 2 unspecified atom stereocenters. The van der Waals surface area contributed by atoms with Gasteiger partial charge in [0.25, 0.3) is 5.91 Å². The van der Waals surface area contributed by atoms with E-state index >= 15 is 0 Å². The SMILES string of the molecule is CC#CC(=O)NC1CCCCC1C(N)=O. The zero-order chi connectivity index (χ0) is 11.3. The molecule has 2 amide bonds. The maximum Gasteiger partial charge on any atom is 0.296 e. The minimum atomic E-state index is -0.329. The minimum absolute atomic E-state index is 0.135. The van der Waals surface area contributed by atoms with Crippen LogP contribution in [-0.2, 0) is 9.59 Å². The number of hydrogen-bond acceptors (Lipinski definition) is 2. The van der Waals surface area contributed by atoms with Gasteiger partial charge < -0.3 is 11.1 Å². The molecule has 0 radical (unpaired) electrons. The van der Waals surface area contributed by atoms with Gasteiger partial charge in [0.2, 0.25) is 5.91 Å². The molecule has 0 aromatic rings. The Morgan fingerprint density at radius 3 is 2.60 bits per heavy atom. The van der Waals surface area contributed by atoms with E-state index in [1.165, 1.54) is 0 Å². The van der Waals surface area contributed by atoms with E-state index in [4.69, 9.17) is 5.73 Å². The molecule has 4 nitrogen and oxygen atoms in total. The Balaban J connectivity index is 2.59. The molecular formula is C11H16N2O2. The maximum atomic E-state index is 11.2. The van der Waals surface area contributed by atoms with Gasteiger partial charge in [-0.1, -0.05) is 18.8 Å². The molecule has 15 heavy (non-hydrogen) atoms. The van der Waals surface area contributed by atoms with Gasteiger partial charge in [0.1, 0.15) is 0 Å². The summed E-state index contributed by atoms with van der Waals surface area (Å²) < 4.78 is 0. The highest BCUT2D eigenvalue weighted by Crippen LogP contribution is 2.23. The molecule has 3 N–H and O–H groups in total. The van der Waals surface area contributed by atoms with Crippen molar-refractivity contribution < 1.29 is 9.59 Å². The average molecular weight is 208 g/mol. The molecule has 0 heterocycles. The lowest BCUT2D eigenvalue weighted by Crippen LogP contribution is -2.46. The van der Waals surface area contributed by atoms with Crippen molar-refractivity contribution in [2.24, 2.45) is 11.7 Å². The Morgan fingerprint density at radius 1 is 1.33 bits per heavy atom. The Bertz CT molecular complexity index is 314. The number of rotatable bonds is 2. The first kappa shape index (κ1) is 11.6. The fourth-order valence-corrected chi connectivity index (χ4v) is 1.96. The molecule has 1 aliphatic carbocycles. The van der Waals surface area contributed by atoms with E-state index in [1.54, 1.807) is 6.92 Å². The lowest BCUT2D eigenvalue weighted by molar-refractivity contribution is -0.124. The Labute approximate surface area is 89.6 Å². The summed E-state index contributed by atoms with van der Waals surface area (Å²) in [6.07, 6.45) is 3.60. The van der Waals surface area contributed by atoms with Crippen LogP contribution in [0.4, 0.5) is 0 Å². The molecule has 0 saturated heterocycles. The number of primary amides is 1. The van der Waals surface area contributed by atoms with Gasteiger partial charge >= 0.3 is 0 Å². The van der Waals surface area contributed by atoms with Crippen molar-refractivity contribution in [3.05, 3.63) is 0 Å². The Morgan fingerprint density at radius 2 is 2.00 bits per heavy atom. The highest BCUT2D eigenvalue weighted by molar-refractivity contribution is 5.94. The van der Waals surface area contributed by atoms with Crippen molar-refractivity contribution in [2.75, 3.05) is 0 Å². The van der Waals surface area contributed by atoms with Crippen LogP contribution in [0.2, 0.25) is 0 Å². The van der Waals surface area contributed by atoms with Crippen molar-refractivity contribution in [3.63, 3.8) is 0 Å².